The molecule has 8 nitrogen and oxygen atoms in total. The van der Waals surface area contributed by atoms with Crippen LogP contribution >= 0.6 is 0 Å². The highest BCUT2D eigenvalue weighted by Crippen LogP contribution is 2.30. The first kappa shape index (κ1) is 21.3. The zero-order valence-electron chi connectivity index (χ0n) is 17.8. The molecule has 0 saturated carbocycles. The molecule has 2 aromatic carbocycles. The van der Waals surface area contributed by atoms with Crippen LogP contribution < -0.4 is 4.72 Å². The molecule has 2 heterocycles. The number of rotatable bonds is 6. The van der Waals surface area contributed by atoms with Gasteiger partial charge in [0.05, 0.1) is 40.7 Å². The van der Waals surface area contributed by atoms with E-state index in [-0.39, 0.29) is 17.7 Å². The number of anilines is 1. The lowest BCUT2D eigenvalue weighted by Crippen LogP contribution is -2.37. The number of carbonyl (C=O) groups excluding carboxylic acids is 1. The Hall–Kier alpha value is -2.91. The van der Waals surface area contributed by atoms with Crippen LogP contribution in [0.5, 0.6) is 0 Å². The Morgan fingerprint density at radius 3 is 2.68 bits per heavy atom. The van der Waals surface area contributed by atoms with Gasteiger partial charge in [0.25, 0.3) is 5.91 Å². The Balaban J connectivity index is 1.88. The second-order valence-electron chi connectivity index (χ2n) is 7.69. The molecule has 31 heavy (non-hydrogen) atoms. The summed E-state index contributed by atoms with van der Waals surface area (Å²) in [6, 6.07) is 12.9. The Bertz CT molecular complexity index is 1220. The number of imidazole rings is 1. The van der Waals surface area contributed by atoms with Crippen molar-refractivity contribution in [3.8, 4) is 11.4 Å². The van der Waals surface area contributed by atoms with Gasteiger partial charge in [-0.05, 0) is 25.5 Å². The summed E-state index contributed by atoms with van der Waals surface area (Å²) in [4.78, 5) is 19.9. The minimum absolute atomic E-state index is 0.0136. The SMILES string of the molecule is CCS(=O)(=O)Nc1cc(C(=O)N(C)C2CCOC2)c2c(c1)nc(-c1ccccc1)n2C. The number of aryl methyl sites for hydroxylation is 1. The number of nitrogens with zero attached hydrogens (tertiary/aromatic N) is 3. The Labute approximate surface area is 181 Å². The number of sulfonamides is 1. The van der Waals surface area contributed by atoms with Crippen LogP contribution in [0, 0.1) is 0 Å². The summed E-state index contributed by atoms with van der Waals surface area (Å²) >= 11 is 0. The average molecular weight is 443 g/mol. The van der Waals surface area contributed by atoms with Crippen molar-refractivity contribution in [2.24, 2.45) is 7.05 Å². The van der Waals surface area contributed by atoms with Crippen molar-refractivity contribution in [2.75, 3.05) is 30.7 Å². The number of hydrogen-bond acceptors (Lipinski definition) is 5. The normalized spacial score (nSPS) is 16.5. The van der Waals surface area contributed by atoms with Gasteiger partial charge in [-0.25, -0.2) is 13.4 Å². The third-order valence-electron chi connectivity index (χ3n) is 5.66. The molecule has 1 atom stereocenters. The van der Waals surface area contributed by atoms with Crippen molar-refractivity contribution in [3.05, 3.63) is 48.0 Å². The molecule has 9 heteroatoms. The van der Waals surface area contributed by atoms with Crippen LogP contribution in [0.25, 0.3) is 22.4 Å². The summed E-state index contributed by atoms with van der Waals surface area (Å²) in [5, 5.41) is 0. The molecular formula is C22H26N4O4S. The van der Waals surface area contributed by atoms with Crippen LogP contribution in [0.2, 0.25) is 0 Å². The number of amides is 1. The maximum atomic E-state index is 13.5. The molecule has 1 aliphatic heterocycles. The second-order valence-corrected chi connectivity index (χ2v) is 9.70. The zero-order valence-corrected chi connectivity index (χ0v) is 18.6. The lowest BCUT2D eigenvalue weighted by molar-refractivity contribution is 0.0713. The van der Waals surface area contributed by atoms with Crippen LogP contribution in [0.4, 0.5) is 5.69 Å². The topological polar surface area (TPSA) is 93.5 Å². The molecule has 3 aromatic rings. The average Bonchev–Trinajstić information content (AvgIpc) is 3.41. The van der Waals surface area contributed by atoms with Gasteiger partial charge in [-0.2, -0.15) is 0 Å². The molecule has 0 aliphatic carbocycles. The number of ether oxygens (including phenoxy) is 1. The number of likely N-dealkylation sites (N-methyl/N-ethyl adjacent to an activating group) is 1. The molecule has 0 bridgehead atoms. The summed E-state index contributed by atoms with van der Waals surface area (Å²) in [7, 11) is 0.114. The minimum atomic E-state index is -3.50. The van der Waals surface area contributed by atoms with Gasteiger partial charge in [0.15, 0.2) is 0 Å². The van der Waals surface area contributed by atoms with Crippen LogP contribution in [0.1, 0.15) is 23.7 Å². The summed E-state index contributed by atoms with van der Waals surface area (Å²) < 4.78 is 34.2. The summed E-state index contributed by atoms with van der Waals surface area (Å²) in [5.74, 6) is 0.443. The molecule has 1 fully saturated rings. The van der Waals surface area contributed by atoms with Gasteiger partial charge in [-0.15, -0.1) is 0 Å². The van der Waals surface area contributed by atoms with Crippen molar-refractivity contribution in [1.29, 1.82) is 0 Å². The fourth-order valence-corrected chi connectivity index (χ4v) is 4.48. The largest absolute Gasteiger partial charge is 0.379 e. The first-order valence-corrected chi connectivity index (χ1v) is 11.9. The van der Waals surface area contributed by atoms with Gasteiger partial charge in [0.1, 0.15) is 5.82 Å². The molecule has 1 aliphatic rings. The van der Waals surface area contributed by atoms with E-state index in [0.717, 1.165) is 12.0 Å². The molecular weight excluding hydrogens is 416 g/mol. The van der Waals surface area contributed by atoms with E-state index in [4.69, 9.17) is 9.72 Å². The van der Waals surface area contributed by atoms with Crippen molar-refractivity contribution in [1.82, 2.24) is 14.5 Å². The van der Waals surface area contributed by atoms with E-state index >= 15 is 0 Å². The predicted molar refractivity (Wildman–Crippen MR) is 121 cm³/mol. The Kier molecular flexibility index (Phi) is 5.72. The smallest absolute Gasteiger partial charge is 0.256 e. The number of aromatic nitrogens is 2. The number of hydrogen-bond donors (Lipinski definition) is 1. The third kappa shape index (κ3) is 4.15. The summed E-state index contributed by atoms with van der Waals surface area (Å²) in [6.07, 6.45) is 0.772. The fourth-order valence-electron chi connectivity index (χ4n) is 3.85. The van der Waals surface area contributed by atoms with Gasteiger partial charge in [-0.3, -0.25) is 9.52 Å². The van der Waals surface area contributed by atoms with Gasteiger partial charge in [0, 0.05) is 26.3 Å². The van der Waals surface area contributed by atoms with E-state index in [1.807, 2.05) is 41.9 Å². The number of nitrogens with one attached hydrogen (secondary N) is 1. The monoisotopic (exact) mass is 442 g/mol. The van der Waals surface area contributed by atoms with Crippen LogP contribution in [0.15, 0.2) is 42.5 Å². The fraction of sp³-hybridized carbons (Fsp3) is 0.364. The number of fused-ring (bicyclic) bond motifs is 1. The molecule has 1 aromatic heterocycles. The minimum Gasteiger partial charge on any atom is -0.379 e. The van der Waals surface area contributed by atoms with E-state index in [0.29, 0.717) is 41.3 Å². The highest BCUT2D eigenvalue weighted by molar-refractivity contribution is 7.92. The van der Waals surface area contributed by atoms with E-state index in [1.165, 1.54) is 0 Å². The summed E-state index contributed by atoms with van der Waals surface area (Å²) in [5.41, 5.74) is 2.85. The molecule has 164 valence electrons. The van der Waals surface area contributed by atoms with E-state index < -0.39 is 10.0 Å². The first-order chi connectivity index (χ1) is 14.8. The van der Waals surface area contributed by atoms with Gasteiger partial charge >= 0.3 is 0 Å². The van der Waals surface area contributed by atoms with Crippen molar-refractivity contribution < 1.29 is 17.9 Å². The summed E-state index contributed by atoms with van der Waals surface area (Å²) in [6.45, 7) is 2.68. The third-order valence-corrected chi connectivity index (χ3v) is 6.97. The zero-order chi connectivity index (χ0) is 22.2. The molecule has 1 N–H and O–H groups in total. The first-order valence-electron chi connectivity index (χ1n) is 10.2. The molecule has 4 rings (SSSR count). The second kappa shape index (κ2) is 8.32. The molecule has 0 radical (unpaired) electrons. The van der Waals surface area contributed by atoms with Gasteiger partial charge < -0.3 is 14.2 Å². The van der Waals surface area contributed by atoms with Crippen LogP contribution in [-0.4, -0.2) is 60.8 Å². The number of benzene rings is 2. The van der Waals surface area contributed by atoms with Crippen LogP contribution in [-0.2, 0) is 21.8 Å². The lowest BCUT2D eigenvalue weighted by Gasteiger charge is -2.24. The van der Waals surface area contributed by atoms with Gasteiger partial charge in [-0.1, -0.05) is 30.3 Å². The van der Waals surface area contributed by atoms with Crippen molar-refractivity contribution >= 4 is 32.7 Å². The predicted octanol–water partition coefficient (Wildman–Crippen LogP) is 2.86. The standard InChI is InChI=1S/C22H26N4O4S/c1-4-31(28,29)24-16-12-18(22(27)25(2)17-10-11-30-14-17)20-19(13-16)23-21(26(20)3)15-8-6-5-7-9-15/h5-9,12-13,17,24H,4,10-11,14H2,1-3H3. The molecule has 1 amide bonds. The molecule has 1 saturated heterocycles. The lowest BCUT2D eigenvalue weighted by atomic mass is 10.1. The van der Waals surface area contributed by atoms with Crippen LogP contribution in [0.3, 0.4) is 0 Å². The highest BCUT2D eigenvalue weighted by atomic mass is 32.2. The van der Waals surface area contributed by atoms with Gasteiger partial charge in [0.2, 0.25) is 10.0 Å². The Morgan fingerprint density at radius 2 is 2.03 bits per heavy atom. The number of carbonyl (C=O) groups is 1. The quantitative estimate of drug-likeness (QED) is 0.634. The Morgan fingerprint density at radius 1 is 1.29 bits per heavy atom. The van der Waals surface area contributed by atoms with Crippen molar-refractivity contribution in [2.45, 2.75) is 19.4 Å². The molecule has 0 spiro atoms. The molecule has 1 unspecified atom stereocenters. The highest BCUT2D eigenvalue weighted by Gasteiger charge is 2.28. The maximum absolute atomic E-state index is 13.5. The van der Waals surface area contributed by atoms with E-state index in [2.05, 4.69) is 4.72 Å². The van der Waals surface area contributed by atoms with Crippen molar-refractivity contribution in [3.63, 3.8) is 0 Å². The van der Waals surface area contributed by atoms with E-state index in [1.54, 1.807) is 31.0 Å². The van der Waals surface area contributed by atoms with E-state index in [9.17, 15) is 13.2 Å². The maximum Gasteiger partial charge on any atom is 0.256 e.